The van der Waals surface area contributed by atoms with E-state index < -0.39 is 0 Å². The monoisotopic (exact) mass is 280 g/mol. The number of esters is 1. The van der Waals surface area contributed by atoms with Crippen molar-refractivity contribution in [2.24, 2.45) is 5.92 Å². The van der Waals surface area contributed by atoms with Crippen LogP contribution in [0.25, 0.3) is 0 Å². The molecule has 6 nitrogen and oxygen atoms in total. The summed E-state index contributed by atoms with van der Waals surface area (Å²) in [6, 6.07) is 3.75. The van der Waals surface area contributed by atoms with Gasteiger partial charge in [-0.2, -0.15) is 5.48 Å². The summed E-state index contributed by atoms with van der Waals surface area (Å²) in [6.45, 7) is 4.09. The number of rotatable bonds is 5. The number of anilines is 1. The van der Waals surface area contributed by atoms with Crippen LogP contribution in [0.1, 0.15) is 26.2 Å². The van der Waals surface area contributed by atoms with Gasteiger partial charge in [-0.15, -0.1) is 0 Å². The number of ether oxygens (including phenoxy) is 1. The van der Waals surface area contributed by atoms with Gasteiger partial charge in [0.2, 0.25) is 0 Å². The third-order valence-electron chi connectivity index (χ3n) is 3.62. The van der Waals surface area contributed by atoms with Crippen LogP contribution in [0.3, 0.4) is 0 Å². The van der Waals surface area contributed by atoms with Crippen molar-refractivity contribution < 1.29 is 20.2 Å². The lowest BCUT2D eigenvalue weighted by atomic mass is 9.93. The second-order valence-electron chi connectivity index (χ2n) is 5.02. The fraction of sp³-hybridized carbons (Fsp3) is 0.571. The van der Waals surface area contributed by atoms with Crippen molar-refractivity contribution in [3.05, 3.63) is 18.3 Å². The van der Waals surface area contributed by atoms with E-state index in [4.69, 9.17) is 9.94 Å². The average molecular weight is 280 g/mol. The van der Waals surface area contributed by atoms with Crippen LogP contribution in [0.5, 0.6) is 0 Å². The number of nitrogens with two attached hydrogens (primary N) is 1. The van der Waals surface area contributed by atoms with E-state index in [9.17, 15) is 4.79 Å². The number of carbonyl (C=O) groups is 1. The summed E-state index contributed by atoms with van der Waals surface area (Å²) in [6.07, 6.45) is 4.14. The number of pyridine rings is 1. The predicted octanol–water partition coefficient (Wildman–Crippen LogP) is 0.835. The van der Waals surface area contributed by atoms with Crippen molar-refractivity contribution >= 4 is 17.5 Å². The van der Waals surface area contributed by atoms with E-state index in [0.717, 1.165) is 37.2 Å². The van der Waals surface area contributed by atoms with Crippen LogP contribution in [0.2, 0.25) is 0 Å². The Morgan fingerprint density at radius 2 is 2.25 bits per heavy atom. The fourth-order valence-corrected chi connectivity index (χ4v) is 2.48. The Kier molecular flexibility index (Phi) is 5.31. The first kappa shape index (κ1) is 14.7. The van der Waals surface area contributed by atoms with Gasteiger partial charge < -0.3 is 9.64 Å². The van der Waals surface area contributed by atoms with Crippen molar-refractivity contribution in [2.45, 2.75) is 26.2 Å². The van der Waals surface area contributed by atoms with Gasteiger partial charge in [0.1, 0.15) is 5.82 Å². The molecule has 0 saturated carbocycles. The molecule has 2 heterocycles. The smallest absolute Gasteiger partial charge is 0.306 e. The van der Waals surface area contributed by atoms with Gasteiger partial charge in [0, 0.05) is 25.6 Å². The zero-order valence-corrected chi connectivity index (χ0v) is 11.8. The number of piperidine rings is 1. The molecule has 1 aliphatic heterocycles. The Morgan fingerprint density at radius 3 is 2.80 bits per heavy atom. The van der Waals surface area contributed by atoms with E-state index in [0.29, 0.717) is 24.6 Å². The molecule has 0 amide bonds. The van der Waals surface area contributed by atoms with Crippen LogP contribution in [-0.4, -0.2) is 35.9 Å². The lowest BCUT2D eigenvalue weighted by Crippen LogP contribution is -2.73. The summed E-state index contributed by atoms with van der Waals surface area (Å²) < 4.78 is 4.99. The van der Waals surface area contributed by atoms with Gasteiger partial charge in [-0.3, -0.25) is 4.79 Å². The summed E-state index contributed by atoms with van der Waals surface area (Å²) in [7, 11) is 0. The maximum atomic E-state index is 11.5. The second kappa shape index (κ2) is 7.21. The molecule has 0 atom stereocenters. The minimum atomic E-state index is -0.0908. The first-order valence-electron chi connectivity index (χ1n) is 7.07. The zero-order chi connectivity index (χ0) is 14.4. The maximum absolute atomic E-state index is 11.5. The SMILES string of the molecule is CCOC(=O)CC1CCN(c2ccc([NH2+]O)cn2)CC1. The Hall–Kier alpha value is -1.66. The molecular weight excluding hydrogens is 258 g/mol. The van der Waals surface area contributed by atoms with Gasteiger partial charge in [0.15, 0.2) is 5.69 Å². The quantitative estimate of drug-likeness (QED) is 0.617. The van der Waals surface area contributed by atoms with Crippen molar-refractivity contribution in [3.8, 4) is 0 Å². The number of hydrogen-bond acceptors (Lipinski definition) is 5. The summed E-state index contributed by atoms with van der Waals surface area (Å²) in [5.74, 6) is 1.24. The Labute approximate surface area is 118 Å². The van der Waals surface area contributed by atoms with E-state index in [1.54, 1.807) is 6.20 Å². The van der Waals surface area contributed by atoms with Gasteiger partial charge in [-0.25, -0.2) is 10.2 Å². The molecule has 1 aliphatic rings. The number of carbonyl (C=O) groups excluding carboxylic acids is 1. The molecule has 1 saturated heterocycles. The second-order valence-corrected chi connectivity index (χ2v) is 5.02. The summed E-state index contributed by atoms with van der Waals surface area (Å²) >= 11 is 0. The van der Waals surface area contributed by atoms with Crippen molar-refractivity contribution in [1.29, 1.82) is 0 Å². The molecule has 0 aromatic carbocycles. The van der Waals surface area contributed by atoms with E-state index in [1.807, 2.05) is 19.1 Å². The molecule has 1 fully saturated rings. The van der Waals surface area contributed by atoms with Crippen LogP contribution in [0.15, 0.2) is 18.3 Å². The third kappa shape index (κ3) is 3.91. The van der Waals surface area contributed by atoms with E-state index in [-0.39, 0.29) is 5.97 Å². The molecule has 0 bridgehead atoms. The number of nitrogens with zero attached hydrogens (tertiary/aromatic N) is 2. The highest BCUT2D eigenvalue weighted by atomic mass is 16.5. The van der Waals surface area contributed by atoms with Crippen LogP contribution in [0.4, 0.5) is 11.5 Å². The fourth-order valence-electron chi connectivity index (χ4n) is 2.48. The number of hydrogen-bond donors (Lipinski definition) is 2. The van der Waals surface area contributed by atoms with Crippen molar-refractivity contribution in [3.63, 3.8) is 0 Å². The van der Waals surface area contributed by atoms with Crippen LogP contribution >= 0.6 is 0 Å². The van der Waals surface area contributed by atoms with E-state index in [1.165, 1.54) is 0 Å². The molecule has 0 spiro atoms. The molecular formula is C14H22N3O3+. The first-order chi connectivity index (χ1) is 9.72. The highest BCUT2D eigenvalue weighted by Gasteiger charge is 2.22. The number of quaternary nitrogens is 1. The lowest BCUT2D eigenvalue weighted by molar-refractivity contribution is -0.825. The van der Waals surface area contributed by atoms with E-state index >= 15 is 0 Å². The lowest BCUT2D eigenvalue weighted by Gasteiger charge is -2.32. The summed E-state index contributed by atoms with van der Waals surface area (Å²) in [5, 5.41) is 8.88. The molecule has 1 aromatic rings. The van der Waals surface area contributed by atoms with Crippen LogP contribution < -0.4 is 10.4 Å². The van der Waals surface area contributed by atoms with Crippen LogP contribution in [0, 0.1) is 5.92 Å². The van der Waals surface area contributed by atoms with Gasteiger partial charge in [0.25, 0.3) is 0 Å². The summed E-state index contributed by atoms with van der Waals surface area (Å²) in [5.41, 5.74) is 1.74. The molecule has 0 unspecified atom stereocenters. The highest BCUT2D eigenvalue weighted by molar-refractivity contribution is 5.69. The molecule has 6 heteroatoms. The van der Waals surface area contributed by atoms with E-state index in [2.05, 4.69) is 9.88 Å². The standard InChI is InChI=1S/C14H21N3O3/c1-2-20-14(18)9-11-5-7-17(8-6-11)13-4-3-12(16-19)10-15-13/h3-4,10-11,16,19H,2,5-9H2,1H3/p+1. The number of aromatic nitrogens is 1. The molecule has 0 aliphatic carbocycles. The van der Waals surface area contributed by atoms with Crippen LogP contribution in [-0.2, 0) is 9.53 Å². The van der Waals surface area contributed by atoms with Gasteiger partial charge in [-0.05, 0) is 31.7 Å². The maximum Gasteiger partial charge on any atom is 0.306 e. The van der Waals surface area contributed by atoms with Gasteiger partial charge in [-0.1, -0.05) is 0 Å². The van der Waals surface area contributed by atoms with Gasteiger partial charge in [0.05, 0.1) is 12.8 Å². The molecule has 20 heavy (non-hydrogen) atoms. The Morgan fingerprint density at radius 1 is 1.50 bits per heavy atom. The first-order valence-corrected chi connectivity index (χ1v) is 7.07. The third-order valence-corrected chi connectivity index (χ3v) is 3.62. The largest absolute Gasteiger partial charge is 0.466 e. The average Bonchev–Trinajstić information content (AvgIpc) is 2.48. The normalized spacial score (nSPS) is 16.2. The minimum Gasteiger partial charge on any atom is -0.466 e. The molecule has 2 rings (SSSR count). The molecule has 1 aromatic heterocycles. The Balaban J connectivity index is 1.82. The molecule has 0 radical (unpaired) electrons. The van der Waals surface area contributed by atoms with Crippen molar-refractivity contribution in [2.75, 3.05) is 24.6 Å². The summed E-state index contributed by atoms with van der Waals surface area (Å²) in [4.78, 5) is 18.0. The van der Waals surface area contributed by atoms with Gasteiger partial charge >= 0.3 is 5.97 Å². The van der Waals surface area contributed by atoms with Crippen molar-refractivity contribution in [1.82, 2.24) is 4.98 Å². The molecule has 110 valence electrons. The molecule has 3 N–H and O–H groups in total. The Bertz CT molecular complexity index is 428. The predicted molar refractivity (Wildman–Crippen MR) is 73.8 cm³/mol. The minimum absolute atomic E-state index is 0.0908. The zero-order valence-electron chi connectivity index (χ0n) is 11.8. The highest BCUT2D eigenvalue weighted by Crippen LogP contribution is 2.24. The topological polar surface area (TPSA) is 79.3 Å².